The summed E-state index contributed by atoms with van der Waals surface area (Å²) in [5, 5.41) is 24.0. The van der Waals surface area contributed by atoms with E-state index in [4.69, 9.17) is 4.74 Å². The number of aliphatic hydroxyl groups excluding tert-OH is 2. The molecule has 3 unspecified atom stereocenters. The molecule has 0 heterocycles. The van der Waals surface area contributed by atoms with E-state index < -0.39 is 18.2 Å². The van der Waals surface area contributed by atoms with Crippen molar-refractivity contribution in [3.63, 3.8) is 0 Å². The Morgan fingerprint density at radius 1 is 0.420 bits per heavy atom. The number of esters is 1. The summed E-state index contributed by atoms with van der Waals surface area (Å²) < 4.78 is 5.99. The molecule has 0 rings (SSSR count). The smallest absolute Gasteiger partial charge is 0.306 e. The first-order valence-corrected chi connectivity index (χ1v) is 31.1. The van der Waals surface area contributed by atoms with Crippen molar-refractivity contribution in [1.29, 1.82) is 0 Å². The van der Waals surface area contributed by atoms with Crippen LogP contribution in [0.2, 0.25) is 0 Å². The van der Waals surface area contributed by atoms with Gasteiger partial charge in [-0.15, -0.1) is 0 Å². The molecule has 1 amide bonds. The minimum Gasteiger partial charge on any atom is -0.462 e. The molecular formula is C63H121NO5. The molecule has 0 aliphatic heterocycles. The van der Waals surface area contributed by atoms with Crippen LogP contribution in [-0.2, 0) is 14.3 Å². The van der Waals surface area contributed by atoms with Gasteiger partial charge < -0.3 is 20.3 Å². The Morgan fingerprint density at radius 3 is 1.13 bits per heavy atom. The largest absolute Gasteiger partial charge is 0.462 e. The zero-order chi connectivity index (χ0) is 50.2. The molecule has 408 valence electrons. The molecule has 0 aliphatic rings. The zero-order valence-corrected chi connectivity index (χ0v) is 46.7. The summed E-state index contributed by atoms with van der Waals surface area (Å²) >= 11 is 0. The predicted molar refractivity (Wildman–Crippen MR) is 301 cm³/mol. The highest BCUT2D eigenvalue weighted by Crippen LogP contribution is 2.19. The van der Waals surface area contributed by atoms with Crippen molar-refractivity contribution < 1.29 is 24.5 Å². The molecule has 3 atom stereocenters. The van der Waals surface area contributed by atoms with Crippen LogP contribution < -0.4 is 5.32 Å². The number of hydrogen-bond donors (Lipinski definition) is 3. The van der Waals surface area contributed by atoms with E-state index in [9.17, 15) is 19.8 Å². The summed E-state index contributed by atoms with van der Waals surface area (Å²) in [7, 11) is 0. The van der Waals surface area contributed by atoms with Gasteiger partial charge in [0, 0.05) is 6.42 Å². The van der Waals surface area contributed by atoms with E-state index in [0.717, 1.165) is 51.4 Å². The Hall–Kier alpha value is -1.66. The van der Waals surface area contributed by atoms with Gasteiger partial charge in [-0.05, 0) is 57.8 Å². The molecule has 3 N–H and O–H groups in total. The number of unbranched alkanes of at least 4 members (excludes halogenated alkanes) is 41. The average molecular weight is 973 g/mol. The molecule has 6 heteroatoms. The molecule has 0 bridgehead atoms. The molecule has 0 aliphatic carbocycles. The lowest BCUT2D eigenvalue weighted by Crippen LogP contribution is -2.46. The predicted octanol–water partition coefficient (Wildman–Crippen LogP) is 19.4. The molecule has 69 heavy (non-hydrogen) atoms. The van der Waals surface area contributed by atoms with Crippen LogP contribution in [-0.4, -0.2) is 46.9 Å². The molecule has 0 fully saturated rings. The highest BCUT2D eigenvalue weighted by molar-refractivity contribution is 5.77. The molecule has 0 saturated carbocycles. The molecule has 6 nitrogen and oxygen atoms in total. The molecular weight excluding hydrogens is 851 g/mol. The van der Waals surface area contributed by atoms with E-state index in [1.807, 2.05) is 0 Å². The Kier molecular flexibility index (Phi) is 55.9. The molecule has 0 radical (unpaired) electrons. The van der Waals surface area contributed by atoms with Gasteiger partial charge in [-0.25, -0.2) is 0 Å². The highest BCUT2D eigenvalue weighted by atomic mass is 16.5. The van der Waals surface area contributed by atoms with Gasteiger partial charge in [-0.3, -0.25) is 9.59 Å². The standard InChI is InChI=1S/C63H121NO5/c1-4-7-10-13-16-19-22-25-28-30-31-32-35-38-41-44-47-50-53-56-63(68)69-59(54-51-48-45-42-39-36-34-29-26-23-20-17-14-11-8-5-2)57-62(67)64-60(58-65)61(66)55-52-49-46-43-40-37-33-27-24-21-18-15-12-9-6-3/h16,19,25,28,59-61,65-66H,4-15,17-18,20-24,26-27,29-58H2,1-3H3,(H,64,67)/b19-16-,28-25-. The van der Waals surface area contributed by atoms with Crippen molar-refractivity contribution in [2.45, 2.75) is 360 Å². The van der Waals surface area contributed by atoms with Crippen molar-refractivity contribution in [3.05, 3.63) is 24.3 Å². The van der Waals surface area contributed by atoms with Gasteiger partial charge in [0.25, 0.3) is 0 Å². The number of rotatable bonds is 57. The van der Waals surface area contributed by atoms with Crippen molar-refractivity contribution in [2.24, 2.45) is 0 Å². The van der Waals surface area contributed by atoms with Crippen LogP contribution in [0.1, 0.15) is 342 Å². The lowest BCUT2D eigenvalue weighted by molar-refractivity contribution is -0.151. The Balaban J connectivity index is 4.50. The van der Waals surface area contributed by atoms with Gasteiger partial charge in [0.05, 0.1) is 25.2 Å². The number of ether oxygens (including phenoxy) is 1. The summed E-state index contributed by atoms with van der Waals surface area (Å²) in [6, 6.07) is -0.699. The third-order valence-corrected chi connectivity index (χ3v) is 14.5. The Bertz CT molecular complexity index is 1090. The van der Waals surface area contributed by atoms with Crippen LogP contribution in [0.5, 0.6) is 0 Å². The lowest BCUT2D eigenvalue weighted by Gasteiger charge is -2.24. The van der Waals surface area contributed by atoms with Crippen LogP contribution in [0.15, 0.2) is 24.3 Å². The van der Waals surface area contributed by atoms with Crippen molar-refractivity contribution in [2.75, 3.05) is 6.61 Å². The minimum absolute atomic E-state index is 0.0828. The Labute approximate surface area is 431 Å². The SMILES string of the molecule is CCCCC/C=C\C/C=C\CCCCCCCCCCCC(=O)OC(CCCCCCCCCCCCCCCCCC)CC(=O)NC(CO)C(O)CCCCCCCCCCCCCCCCC. The second-order valence-electron chi connectivity index (χ2n) is 21.5. The molecule has 0 spiro atoms. The normalized spacial score (nSPS) is 13.2. The van der Waals surface area contributed by atoms with Crippen LogP contribution in [0.25, 0.3) is 0 Å². The minimum atomic E-state index is -0.785. The Morgan fingerprint density at radius 2 is 0.739 bits per heavy atom. The number of carbonyl (C=O) groups is 2. The summed E-state index contributed by atoms with van der Waals surface area (Å²) in [5.41, 5.74) is 0. The number of amides is 1. The van der Waals surface area contributed by atoms with Gasteiger partial charge in [0.2, 0.25) is 5.91 Å². The maximum Gasteiger partial charge on any atom is 0.306 e. The van der Waals surface area contributed by atoms with E-state index in [-0.39, 0.29) is 24.9 Å². The van der Waals surface area contributed by atoms with Crippen molar-refractivity contribution in [3.8, 4) is 0 Å². The maximum atomic E-state index is 13.3. The second kappa shape index (κ2) is 57.2. The molecule has 0 aromatic heterocycles. The van der Waals surface area contributed by atoms with E-state index >= 15 is 0 Å². The fourth-order valence-corrected chi connectivity index (χ4v) is 9.82. The summed E-state index contributed by atoms with van der Waals surface area (Å²) in [6.45, 7) is 6.51. The van der Waals surface area contributed by atoms with Crippen LogP contribution in [0.4, 0.5) is 0 Å². The molecule has 0 aromatic rings. The zero-order valence-electron chi connectivity index (χ0n) is 46.7. The average Bonchev–Trinajstić information content (AvgIpc) is 3.34. The van der Waals surface area contributed by atoms with Gasteiger partial charge in [0.15, 0.2) is 0 Å². The lowest BCUT2D eigenvalue weighted by atomic mass is 10.0. The van der Waals surface area contributed by atoms with E-state index in [1.54, 1.807) is 0 Å². The van der Waals surface area contributed by atoms with Crippen LogP contribution >= 0.6 is 0 Å². The first-order valence-electron chi connectivity index (χ1n) is 31.1. The van der Waals surface area contributed by atoms with Crippen molar-refractivity contribution in [1.82, 2.24) is 5.32 Å². The van der Waals surface area contributed by atoms with E-state index in [1.165, 1.54) is 244 Å². The number of nitrogens with one attached hydrogen (secondary N) is 1. The van der Waals surface area contributed by atoms with Gasteiger partial charge in [-0.1, -0.05) is 295 Å². The van der Waals surface area contributed by atoms with Crippen LogP contribution in [0.3, 0.4) is 0 Å². The second-order valence-corrected chi connectivity index (χ2v) is 21.5. The topological polar surface area (TPSA) is 95.9 Å². The third-order valence-electron chi connectivity index (χ3n) is 14.5. The van der Waals surface area contributed by atoms with Gasteiger partial charge >= 0.3 is 5.97 Å². The van der Waals surface area contributed by atoms with Crippen molar-refractivity contribution >= 4 is 11.9 Å². The number of aliphatic hydroxyl groups is 2. The van der Waals surface area contributed by atoms with Crippen LogP contribution in [0, 0.1) is 0 Å². The number of allylic oxidation sites excluding steroid dienone is 4. The van der Waals surface area contributed by atoms with E-state index in [0.29, 0.717) is 19.3 Å². The highest BCUT2D eigenvalue weighted by Gasteiger charge is 2.24. The fourth-order valence-electron chi connectivity index (χ4n) is 9.82. The van der Waals surface area contributed by atoms with Gasteiger partial charge in [0.1, 0.15) is 6.10 Å². The summed E-state index contributed by atoms with van der Waals surface area (Å²) in [4.78, 5) is 26.4. The summed E-state index contributed by atoms with van der Waals surface area (Å²) in [5.74, 6) is -0.454. The van der Waals surface area contributed by atoms with E-state index in [2.05, 4.69) is 50.4 Å². The number of carbonyl (C=O) groups excluding carboxylic acids is 2. The quantitative estimate of drug-likeness (QED) is 0.0321. The van der Waals surface area contributed by atoms with Gasteiger partial charge in [-0.2, -0.15) is 0 Å². The molecule has 0 aromatic carbocycles. The third kappa shape index (κ3) is 52.5. The first-order chi connectivity index (χ1) is 34.0. The molecule has 0 saturated heterocycles. The maximum absolute atomic E-state index is 13.3. The fraction of sp³-hybridized carbons (Fsp3) is 0.905. The monoisotopic (exact) mass is 972 g/mol. The first kappa shape index (κ1) is 67.3. The number of hydrogen-bond acceptors (Lipinski definition) is 5. The summed E-state index contributed by atoms with van der Waals surface area (Å²) in [6.07, 6.45) is 68.2.